The minimum Gasteiger partial charge on any atom is -0.371 e. The molecule has 1 aromatic heterocycles. The van der Waals surface area contributed by atoms with Crippen molar-refractivity contribution in [1.29, 1.82) is 0 Å². The van der Waals surface area contributed by atoms with E-state index in [0.29, 0.717) is 16.5 Å². The highest BCUT2D eigenvalue weighted by Crippen LogP contribution is 2.27. The summed E-state index contributed by atoms with van der Waals surface area (Å²) >= 11 is 6.05. The van der Waals surface area contributed by atoms with E-state index in [4.69, 9.17) is 11.6 Å². The topological polar surface area (TPSA) is 50.2 Å². The number of halogens is 1. The molecule has 6 heteroatoms. The molecule has 0 atom stereocenters. The van der Waals surface area contributed by atoms with E-state index in [1.165, 1.54) is 12.8 Å². The summed E-state index contributed by atoms with van der Waals surface area (Å²) in [7, 11) is 1.89. The molecule has 1 amide bonds. The number of carbonyl (C=O) groups excluding carboxylic acids is 1. The number of hydrogen-bond acceptors (Lipinski definition) is 3. The first-order valence-corrected chi connectivity index (χ1v) is 9.19. The lowest BCUT2D eigenvalue weighted by Crippen LogP contribution is -2.23. The average Bonchev–Trinajstić information content (AvgIpc) is 3.24. The second kappa shape index (κ2) is 6.65. The zero-order valence-electron chi connectivity index (χ0n) is 14.9. The van der Waals surface area contributed by atoms with Gasteiger partial charge in [0, 0.05) is 30.8 Å². The van der Waals surface area contributed by atoms with Crippen LogP contribution in [0.4, 0.5) is 11.6 Å². The van der Waals surface area contributed by atoms with Crippen LogP contribution in [-0.4, -0.2) is 28.5 Å². The van der Waals surface area contributed by atoms with Gasteiger partial charge < -0.3 is 9.47 Å². The van der Waals surface area contributed by atoms with Crippen molar-refractivity contribution in [2.24, 2.45) is 7.05 Å². The molecule has 0 bridgehead atoms. The lowest BCUT2D eigenvalue weighted by Gasteiger charge is -2.21. The highest BCUT2D eigenvalue weighted by atomic mass is 35.5. The van der Waals surface area contributed by atoms with Gasteiger partial charge in [0.2, 0.25) is 5.95 Å². The van der Waals surface area contributed by atoms with Crippen molar-refractivity contribution in [2.75, 3.05) is 23.3 Å². The number of aryl methyl sites for hydroxylation is 2. The first kappa shape index (κ1) is 16.9. The molecule has 1 N–H and O–H groups in total. The molecule has 1 aliphatic heterocycles. The molecule has 4 rings (SSSR count). The summed E-state index contributed by atoms with van der Waals surface area (Å²) in [5.41, 5.74) is 4.44. The van der Waals surface area contributed by atoms with Gasteiger partial charge in [-0.05, 0) is 50.1 Å². The second-order valence-electron chi connectivity index (χ2n) is 6.80. The van der Waals surface area contributed by atoms with E-state index in [-0.39, 0.29) is 5.91 Å². The van der Waals surface area contributed by atoms with Crippen molar-refractivity contribution in [1.82, 2.24) is 9.55 Å². The van der Waals surface area contributed by atoms with E-state index < -0.39 is 0 Å². The number of amides is 1. The van der Waals surface area contributed by atoms with Crippen molar-refractivity contribution in [3.05, 3.63) is 52.5 Å². The zero-order chi connectivity index (χ0) is 18.3. The molecular weight excluding hydrogens is 348 g/mol. The molecule has 1 aliphatic rings. The SMILES string of the molecule is Cc1ccc(N2CCCC2)c(C(=O)Nc2nc3cc(Cl)ccc3n2C)c1. The van der Waals surface area contributed by atoms with Crippen molar-refractivity contribution in [2.45, 2.75) is 19.8 Å². The largest absolute Gasteiger partial charge is 0.371 e. The maximum Gasteiger partial charge on any atom is 0.260 e. The highest BCUT2D eigenvalue weighted by molar-refractivity contribution is 6.31. The predicted molar refractivity (Wildman–Crippen MR) is 106 cm³/mol. The van der Waals surface area contributed by atoms with Gasteiger partial charge in [-0.1, -0.05) is 23.2 Å². The summed E-state index contributed by atoms with van der Waals surface area (Å²) < 4.78 is 1.87. The van der Waals surface area contributed by atoms with Crippen LogP contribution < -0.4 is 10.2 Å². The van der Waals surface area contributed by atoms with Gasteiger partial charge in [0.05, 0.1) is 16.6 Å². The number of aromatic nitrogens is 2. The maximum atomic E-state index is 13.0. The van der Waals surface area contributed by atoms with E-state index in [1.807, 2.05) is 42.8 Å². The molecule has 2 aromatic carbocycles. The van der Waals surface area contributed by atoms with Crippen LogP contribution in [0.25, 0.3) is 11.0 Å². The molecule has 0 radical (unpaired) electrons. The number of carbonyl (C=O) groups is 1. The maximum absolute atomic E-state index is 13.0. The number of benzene rings is 2. The van der Waals surface area contributed by atoms with Crippen LogP contribution in [-0.2, 0) is 7.05 Å². The Labute approximate surface area is 157 Å². The third-order valence-corrected chi connectivity index (χ3v) is 5.15. The van der Waals surface area contributed by atoms with Crippen LogP contribution in [0.5, 0.6) is 0 Å². The van der Waals surface area contributed by atoms with Gasteiger partial charge in [-0.15, -0.1) is 0 Å². The number of fused-ring (bicyclic) bond motifs is 1. The van der Waals surface area contributed by atoms with Crippen molar-refractivity contribution < 1.29 is 4.79 Å². The quantitative estimate of drug-likeness (QED) is 0.746. The Hall–Kier alpha value is -2.53. The van der Waals surface area contributed by atoms with Gasteiger partial charge in [-0.2, -0.15) is 0 Å². The van der Waals surface area contributed by atoms with Gasteiger partial charge >= 0.3 is 0 Å². The van der Waals surface area contributed by atoms with E-state index in [9.17, 15) is 4.79 Å². The molecule has 0 aliphatic carbocycles. The standard InChI is InChI=1S/C20H21ClN4O/c1-13-5-7-17(25-9-3-4-10-25)15(11-13)19(26)23-20-22-16-12-14(21)6-8-18(16)24(20)2/h5-8,11-12H,3-4,9-10H2,1-2H3,(H,22,23,26). The lowest BCUT2D eigenvalue weighted by atomic mass is 10.1. The summed E-state index contributed by atoms with van der Waals surface area (Å²) in [6.45, 7) is 3.99. The minimum absolute atomic E-state index is 0.139. The Kier molecular flexibility index (Phi) is 4.32. The molecule has 134 valence electrons. The minimum atomic E-state index is -0.139. The van der Waals surface area contributed by atoms with E-state index in [0.717, 1.165) is 35.4 Å². The number of hydrogen-bond donors (Lipinski definition) is 1. The van der Waals surface area contributed by atoms with Crippen LogP contribution >= 0.6 is 11.6 Å². The molecule has 1 saturated heterocycles. The molecule has 0 saturated carbocycles. The number of nitrogens with zero attached hydrogens (tertiary/aromatic N) is 3. The number of imidazole rings is 1. The van der Waals surface area contributed by atoms with Gasteiger partial charge in [0.15, 0.2) is 0 Å². The molecule has 5 nitrogen and oxygen atoms in total. The fraction of sp³-hybridized carbons (Fsp3) is 0.300. The summed E-state index contributed by atoms with van der Waals surface area (Å²) in [6.07, 6.45) is 2.33. The third kappa shape index (κ3) is 3.03. The van der Waals surface area contributed by atoms with Crippen molar-refractivity contribution in [3.8, 4) is 0 Å². The van der Waals surface area contributed by atoms with E-state index >= 15 is 0 Å². The second-order valence-corrected chi connectivity index (χ2v) is 7.23. The molecule has 0 unspecified atom stereocenters. The monoisotopic (exact) mass is 368 g/mol. The van der Waals surface area contributed by atoms with Crippen LogP contribution in [0.1, 0.15) is 28.8 Å². The van der Waals surface area contributed by atoms with Crippen LogP contribution in [0.2, 0.25) is 5.02 Å². The first-order valence-electron chi connectivity index (χ1n) is 8.82. The number of rotatable bonds is 3. The summed E-state index contributed by atoms with van der Waals surface area (Å²) in [5, 5.41) is 3.60. The fourth-order valence-electron chi connectivity index (χ4n) is 3.52. The van der Waals surface area contributed by atoms with Gasteiger partial charge in [0.1, 0.15) is 0 Å². The van der Waals surface area contributed by atoms with E-state index in [1.54, 1.807) is 6.07 Å². The molecular formula is C20H21ClN4O. The van der Waals surface area contributed by atoms with Gasteiger partial charge in [0.25, 0.3) is 5.91 Å². The Morgan fingerprint density at radius 1 is 1.15 bits per heavy atom. The first-order chi connectivity index (χ1) is 12.5. The van der Waals surface area contributed by atoms with Crippen molar-refractivity contribution in [3.63, 3.8) is 0 Å². The Morgan fingerprint density at radius 3 is 2.69 bits per heavy atom. The molecule has 26 heavy (non-hydrogen) atoms. The average molecular weight is 369 g/mol. The van der Waals surface area contributed by atoms with Crippen LogP contribution in [0.3, 0.4) is 0 Å². The number of nitrogens with one attached hydrogen (secondary N) is 1. The van der Waals surface area contributed by atoms with Crippen molar-refractivity contribution >= 4 is 40.2 Å². The van der Waals surface area contributed by atoms with Crippen LogP contribution in [0.15, 0.2) is 36.4 Å². The fourth-order valence-corrected chi connectivity index (χ4v) is 3.69. The molecule has 2 heterocycles. The smallest absolute Gasteiger partial charge is 0.260 e. The highest BCUT2D eigenvalue weighted by Gasteiger charge is 2.21. The van der Waals surface area contributed by atoms with Crippen LogP contribution in [0, 0.1) is 6.92 Å². The number of anilines is 2. The molecule has 3 aromatic rings. The molecule has 1 fully saturated rings. The summed E-state index contributed by atoms with van der Waals surface area (Å²) in [4.78, 5) is 19.8. The van der Waals surface area contributed by atoms with Gasteiger partial charge in [-0.25, -0.2) is 4.98 Å². The summed E-state index contributed by atoms with van der Waals surface area (Å²) in [6, 6.07) is 11.6. The normalized spacial score (nSPS) is 14.2. The predicted octanol–water partition coefficient (Wildman–Crippen LogP) is 4.39. The molecule has 0 spiro atoms. The summed E-state index contributed by atoms with van der Waals surface area (Å²) in [5.74, 6) is 0.376. The Bertz CT molecular complexity index is 989. The third-order valence-electron chi connectivity index (χ3n) is 4.91. The van der Waals surface area contributed by atoms with E-state index in [2.05, 4.69) is 21.3 Å². The van der Waals surface area contributed by atoms with Gasteiger partial charge in [-0.3, -0.25) is 10.1 Å². The lowest BCUT2D eigenvalue weighted by molar-refractivity contribution is 0.102. The Morgan fingerprint density at radius 2 is 1.92 bits per heavy atom. The zero-order valence-corrected chi connectivity index (χ0v) is 15.7. The Balaban J connectivity index is 1.68.